The summed E-state index contributed by atoms with van der Waals surface area (Å²) in [5.41, 5.74) is 1.12. The molecule has 4 heteroatoms. The Morgan fingerprint density at radius 3 is 2.88 bits per heavy atom. The Balaban J connectivity index is 2.64. The first kappa shape index (κ1) is 12.6. The van der Waals surface area contributed by atoms with E-state index in [1.165, 1.54) is 6.07 Å². The second-order valence-electron chi connectivity index (χ2n) is 3.88. The quantitative estimate of drug-likeness (QED) is 0.457. The van der Waals surface area contributed by atoms with Gasteiger partial charge in [0.15, 0.2) is 0 Å². The van der Waals surface area contributed by atoms with E-state index in [0.717, 1.165) is 24.9 Å². The molecule has 0 aliphatic rings. The van der Waals surface area contributed by atoms with Crippen molar-refractivity contribution in [2.45, 2.75) is 32.7 Å². The minimum Gasteiger partial charge on any atom is -0.310 e. The van der Waals surface area contributed by atoms with Crippen molar-refractivity contribution in [3.63, 3.8) is 0 Å². The molecule has 1 N–H and O–H groups in total. The van der Waals surface area contributed by atoms with Crippen LogP contribution in [0.1, 0.15) is 38.3 Å². The van der Waals surface area contributed by atoms with Crippen LogP contribution in [-0.4, -0.2) is 11.5 Å². The molecule has 0 aromatic heterocycles. The average molecular weight is 222 g/mol. The first-order valence-electron chi connectivity index (χ1n) is 5.63. The minimum atomic E-state index is -0.359. The highest BCUT2D eigenvalue weighted by Gasteiger charge is 2.09. The van der Waals surface area contributed by atoms with E-state index in [0.29, 0.717) is 0 Å². The molecule has 0 saturated heterocycles. The van der Waals surface area contributed by atoms with Gasteiger partial charge in [0.1, 0.15) is 0 Å². The Morgan fingerprint density at radius 1 is 1.50 bits per heavy atom. The number of hydrogen-bond donors (Lipinski definition) is 1. The molecule has 0 radical (unpaired) electrons. The number of nitro groups is 1. The van der Waals surface area contributed by atoms with Gasteiger partial charge in [0, 0.05) is 18.2 Å². The maximum atomic E-state index is 10.6. The minimum absolute atomic E-state index is 0.154. The van der Waals surface area contributed by atoms with Crippen LogP contribution in [0.5, 0.6) is 0 Å². The van der Waals surface area contributed by atoms with E-state index in [2.05, 4.69) is 12.2 Å². The van der Waals surface area contributed by atoms with Gasteiger partial charge in [-0.15, -0.1) is 0 Å². The summed E-state index contributed by atoms with van der Waals surface area (Å²) in [4.78, 5) is 10.3. The molecule has 0 aliphatic carbocycles. The molecule has 0 fully saturated rings. The van der Waals surface area contributed by atoms with Crippen LogP contribution in [0.3, 0.4) is 0 Å². The fourth-order valence-electron chi connectivity index (χ4n) is 1.52. The van der Waals surface area contributed by atoms with Crippen molar-refractivity contribution in [2.75, 3.05) is 6.54 Å². The zero-order chi connectivity index (χ0) is 12.0. The predicted octanol–water partition coefficient (Wildman–Crippen LogP) is 3.05. The van der Waals surface area contributed by atoms with Gasteiger partial charge in [0.05, 0.1) is 4.92 Å². The monoisotopic (exact) mass is 222 g/mol. The molecular formula is C12H18N2O2. The third-order valence-corrected chi connectivity index (χ3v) is 2.56. The van der Waals surface area contributed by atoms with Crippen LogP contribution in [0.2, 0.25) is 0 Å². The van der Waals surface area contributed by atoms with Crippen LogP contribution in [0.4, 0.5) is 5.69 Å². The standard InChI is InChI=1S/C12H18N2O2/c1-3-4-8-13-10(2)11-6-5-7-12(9-11)14(15)16/h5-7,9-10,13H,3-4,8H2,1-2H3. The normalized spacial score (nSPS) is 12.4. The molecule has 0 spiro atoms. The Bertz CT molecular complexity index is 353. The number of non-ortho nitro benzene ring substituents is 1. The SMILES string of the molecule is CCCCNC(C)c1cccc([N+](=O)[O-])c1. The second kappa shape index (κ2) is 6.23. The van der Waals surface area contributed by atoms with Gasteiger partial charge < -0.3 is 5.32 Å². The highest BCUT2D eigenvalue weighted by Crippen LogP contribution is 2.18. The lowest BCUT2D eigenvalue weighted by Gasteiger charge is -2.13. The van der Waals surface area contributed by atoms with Crippen LogP contribution in [0.15, 0.2) is 24.3 Å². The van der Waals surface area contributed by atoms with Gasteiger partial charge in [-0.25, -0.2) is 0 Å². The predicted molar refractivity (Wildman–Crippen MR) is 64.4 cm³/mol. The van der Waals surface area contributed by atoms with E-state index in [1.54, 1.807) is 12.1 Å². The summed E-state index contributed by atoms with van der Waals surface area (Å²) in [7, 11) is 0. The first-order valence-corrected chi connectivity index (χ1v) is 5.63. The van der Waals surface area contributed by atoms with E-state index in [9.17, 15) is 10.1 Å². The van der Waals surface area contributed by atoms with Crippen LogP contribution < -0.4 is 5.32 Å². The fraction of sp³-hybridized carbons (Fsp3) is 0.500. The number of benzene rings is 1. The average Bonchev–Trinajstić information content (AvgIpc) is 2.29. The van der Waals surface area contributed by atoms with Crippen LogP contribution in [0.25, 0.3) is 0 Å². The van der Waals surface area contributed by atoms with E-state index in [4.69, 9.17) is 0 Å². The number of nitrogens with one attached hydrogen (secondary N) is 1. The van der Waals surface area contributed by atoms with Crippen molar-refractivity contribution in [3.8, 4) is 0 Å². The summed E-state index contributed by atoms with van der Waals surface area (Å²) in [5, 5.41) is 14.0. The molecule has 0 saturated carbocycles. The molecule has 88 valence electrons. The second-order valence-corrected chi connectivity index (χ2v) is 3.88. The molecule has 1 unspecified atom stereocenters. The molecule has 1 atom stereocenters. The number of rotatable bonds is 6. The molecule has 0 amide bonds. The lowest BCUT2D eigenvalue weighted by Crippen LogP contribution is -2.19. The lowest BCUT2D eigenvalue weighted by molar-refractivity contribution is -0.384. The van der Waals surface area contributed by atoms with Gasteiger partial charge >= 0.3 is 0 Å². The highest BCUT2D eigenvalue weighted by molar-refractivity contribution is 5.35. The van der Waals surface area contributed by atoms with E-state index in [-0.39, 0.29) is 16.7 Å². The van der Waals surface area contributed by atoms with Crippen LogP contribution >= 0.6 is 0 Å². The Kier molecular flexibility index (Phi) is 4.92. The summed E-state index contributed by atoms with van der Waals surface area (Å²) in [5.74, 6) is 0. The summed E-state index contributed by atoms with van der Waals surface area (Å²) in [6.07, 6.45) is 2.27. The van der Waals surface area contributed by atoms with Gasteiger partial charge in [-0.1, -0.05) is 25.5 Å². The van der Waals surface area contributed by atoms with Gasteiger partial charge in [-0.3, -0.25) is 10.1 Å². The number of nitro benzene ring substituents is 1. The van der Waals surface area contributed by atoms with E-state index >= 15 is 0 Å². The third-order valence-electron chi connectivity index (χ3n) is 2.56. The van der Waals surface area contributed by atoms with Crippen molar-refractivity contribution < 1.29 is 4.92 Å². The molecule has 1 aromatic rings. The molecule has 4 nitrogen and oxygen atoms in total. The largest absolute Gasteiger partial charge is 0.310 e. The smallest absolute Gasteiger partial charge is 0.269 e. The lowest BCUT2D eigenvalue weighted by atomic mass is 10.1. The Morgan fingerprint density at radius 2 is 2.25 bits per heavy atom. The van der Waals surface area contributed by atoms with Crippen molar-refractivity contribution in [2.24, 2.45) is 0 Å². The number of unbranched alkanes of at least 4 members (excludes halogenated alkanes) is 1. The summed E-state index contributed by atoms with van der Waals surface area (Å²) in [6.45, 7) is 5.11. The van der Waals surface area contributed by atoms with Gasteiger partial charge in [-0.2, -0.15) is 0 Å². The number of nitrogens with zero attached hydrogens (tertiary/aromatic N) is 1. The van der Waals surface area contributed by atoms with Crippen molar-refractivity contribution >= 4 is 5.69 Å². The van der Waals surface area contributed by atoms with Gasteiger partial charge in [0.25, 0.3) is 5.69 Å². The fourth-order valence-corrected chi connectivity index (χ4v) is 1.52. The van der Waals surface area contributed by atoms with E-state index < -0.39 is 0 Å². The van der Waals surface area contributed by atoms with Crippen LogP contribution in [0, 0.1) is 10.1 Å². The molecule has 0 heterocycles. The molecular weight excluding hydrogens is 204 g/mol. The van der Waals surface area contributed by atoms with Crippen LogP contribution in [-0.2, 0) is 0 Å². The summed E-state index contributed by atoms with van der Waals surface area (Å²) >= 11 is 0. The maximum Gasteiger partial charge on any atom is 0.269 e. The van der Waals surface area contributed by atoms with E-state index in [1.807, 2.05) is 13.0 Å². The maximum absolute atomic E-state index is 10.6. The molecule has 16 heavy (non-hydrogen) atoms. The van der Waals surface area contributed by atoms with Crippen molar-refractivity contribution in [3.05, 3.63) is 39.9 Å². The zero-order valence-corrected chi connectivity index (χ0v) is 9.77. The molecule has 0 aliphatic heterocycles. The molecule has 1 aromatic carbocycles. The molecule has 1 rings (SSSR count). The highest BCUT2D eigenvalue weighted by atomic mass is 16.6. The van der Waals surface area contributed by atoms with Gasteiger partial charge in [-0.05, 0) is 25.5 Å². The topological polar surface area (TPSA) is 55.2 Å². The zero-order valence-electron chi connectivity index (χ0n) is 9.77. The number of hydrogen-bond acceptors (Lipinski definition) is 3. The first-order chi connectivity index (χ1) is 7.65. The van der Waals surface area contributed by atoms with Crippen molar-refractivity contribution in [1.29, 1.82) is 0 Å². The van der Waals surface area contributed by atoms with Gasteiger partial charge in [0.2, 0.25) is 0 Å². The third kappa shape index (κ3) is 3.62. The summed E-state index contributed by atoms with van der Waals surface area (Å²) in [6, 6.07) is 6.94. The summed E-state index contributed by atoms with van der Waals surface area (Å²) < 4.78 is 0. The van der Waals surface area contributed by atoms with Crippen molar-refractivity contribution in [1.82, 2.24) is 5.32 Å². The Hall–Kier alpha value is -1.42. The Labute approximate surface area is 95.8 Å². The molecule has 0 bridgehead atoms.